The van der Waals surface area contributed by atoms with Gasteiger partial charge in [-0.25, -0.2) is 0 Å². The van der Waals surface area contributed by atoms with Crippen LogP contribution in [0.2, 0.25) is 5.02 Å². The number of carbonyl (C=O) groups excluding carboxylic acids is 1. The molecule has 0 saturated carbocycles. The standard InChI is InChI=1S/C15H18ClN3O2S/c1-22-9-12(6-7-20)17-15(21)14-8-13(18-19-14)10-2-4-11(16)5-3-10/h2-5,8,12,20H,6-7,9H2,1H3,(H,17,21)(H,18,19). The molecular weight excluding hydrogens is 322 g/mol. The van der Waals surface area contributed by atoms with E-state index in [1.165, 1.54) is 0 Å². The molecule has 0 spiro atoms. The maximum Gasteiger partial charge on any atom is 0.269 e. The second-order valence-corrected chi connectivity index (χ2v) is 6.16. The molecule has 22 heavy (non-hydrogen) atoms. The molecule has 7 heteroatoms. The van der Waals surface area contributed by atoms with Crippen LogP contribution in [0.5, 0.6) is 0 Å². The Morgan fingerprint density at radius 2 is 2.18 bits per heavy atom. The predicted molar refractivity (Wildman–Crippen MR) is 90.4 cm³/mol. The number of aromatic amines is 1. The number of benzene rings is 1. The topological polar surface area (TPSA) is 78.0 Å². The quantitative estimate of drug-likeness (QED) is 0.724. The second kappa shape index (κ2) is 8.22. The summed E-state index contributed by atoms with van der Waals surface area (Å²) in [5, 5.41) is 19.5. The van der Waals surface area contributed by atoms with Crippen molar-refractivity contribution in [2.45, 2.75) is 12.5 Å². The first kappa shape index (κ1) is 16.9. The third-order valence-corrected chi connectivity index (χ3v) is 4.13. The second-order valence-electron chi connectivity index (χ2n) is 4.81. The summed E-state index contributed by atoms with van der Waals surface area (Å²) >= 11 is 7.48. The Morgan fingerprint density at radius 1 is 1.45 bits per heavy atom. The van der Waals surface area contributed by atoms with Gasteiger partial charge in [0.1, 0.15) is 5.69 Å². The number of hydrogen-bond donors (Lipinski definition) is 3. The first-order chi connectivity index (χ1) is 10.6. The smallest absolute Gasteiger partial charge is 0.269 e. The first-order valence-electron chi connectivity index (χ1n) is 6.86. The summed E-state index contributed by atoms with van der Waals surface area (Å²) in [6.07, 6.45) is 2.50. The highest BCUT2D eigenvalue weighted by atomic mass is 35.5. The minimum atomic E-state index is -0.222. The Hall–Kier alpha value is -1.50. The Morgan fingerprint density at radius 3 is 2.82 bits per heavy atom. The molecule has 0 aliphatic carbocycles. The van der Waals surface area contributed by atoms with E-state index in [1.807, 2.05) is 18.4 Å². The van der Waals surface area contributed by atoms with E-state index in [1.54, 1.807) is 30.0 Å². The van der Waals surface area contributed by atoms with E-state index in [-0.39, 0.29) is 18.6 Å². The molecule has 1 aromatic carbocycles. The molecular formula is C15H18ClN3O2S. The van der Waals surface area contributed by atoms with E-state index in [9.17, 15) is 4.79 Å². The molecule has 0 fully saturated rings. The summed E-state index contributed by atoms with van der Waals surface area (Å²) in [5.74, 6) is 0.532. The lowest BCUT2D eigenvalue weighted by atomic mass is 10.1. The van der Waals surface area contributed by atoms with Crippen molar-refractivity contribution in [1.82, 2.24) is 15.5 Å². The molecule has 0 aliphatic heterocycles. The molecule has 1 amide bonds. The number of halogens is 1. The van der Waals surface area contributed by atoms with Gasteiger partial charge in [0.15, 0.2) is 0 Å². The first-order valence-corrected chi connectivity index (χ1v) is 8.63. The van der Waals surface area contributed by atoms with Crippen LogP contribution in [-0.2, 0) is 0 Å². The predicted octanol–water partition coefficient (Wildman–Crippen LogP) is 2.57. The molecule has 2 rings (SSSR count). The van der Waals surface area contributed by atoms with Crippen LogP contribution < -0.4 is 5.32 Å². The Balaban J connectivity index is 2.06. The Kier molecular flexibility index (Phi) is 6.30. The van der Waals surface area contributed by atoms with E-state index in [0.29, 0.717) is 22.8 Å². The number of aliphatic hydroxyl groups excluding tert-OH is 1. The molecule has 2 aromatic rings. The van der Waals surface area contributed by atoms with E-state index < -0.39 is 0 Å². The van der Waals surface area contributed by atoms with Crippen LogP contribution in [0.15, 0.2) is 30.3 Å². The monoisotopic (exact) mass is 339 g/mol. The Labute approximate surface area is 138 Å². The zero-order valence-electron chi connectivity index (χ0n) is 12.2. The SMILES string of the molecule is CSCC(CCO)NC(=O)c1cc(-c2ccc(Cl)cc2)n[nH]1. The fraction of sp³-hybridized carbons (Fsp3) is 0.333. The fourth-order valence-corrected chi connectivity index (χ4v) is 2.80. The minimum Gasteiger partial charge on any atom is -0.396 e. The van der Waals surface area contributed by atoms with Crippen LogP contribution in [0.1, 0.15) is 16.9 Å². The van der Waals surface area contributed by atoms with Crippen molar-refractivity contribution in [3.05, 3.63) is 41.0 Å². The van der Waals surface area contributed by atoms with Crippen molar-refractivity contribution in [3.8, 4) is 11.3 Å². The molecule has 0 aliphatic rings. The lowest BCUT2D eigenvalue weighted by Crippen LogP contribution is -2.37. The molecule has 0 radical (unpaired) electrons. The van der Waals surface area contributed by atoms with Crippen LogP contribution in [-0.4, -0.2) is 45.9 Å². The van der Waals surface area contributed by atoms with Gasteiger partial charge < -0.3 is 10.4 Å². The maximum absolute atomic E-state index is 12.2. The summed E-state index contributed by atoms with van der Waals surface area (Å²) in [7, 11) is 0. The lowest BCUT2D eigenvalue weighted by Gasteiger charge is -2.15. The number of nitrogens with one attached hydrogen (secondary N) is 2. The van der Waals surface area contributed by atoms with E-state index in [4.69, 9.17) is 16.7 Å². The van der Waals surface area contributed by atoms with Gasteiger partial charge >= 0.3 is 0 Å². The van der Waals surface area contributed by atoms with Gasteiger partial charge in [-0.15, -0.1) is 0 Å². The number of rotatable bonds is 7. The number of hydrogen-bond acceptors (Lipinski definition) is 4. The summed E-state index contributed by atoms with van der Waals surface area (Å²) in [6.45, 7) is 0.0461. The maximum atomic E-state index is 12.2. The van der Waals surface area contributed by atoms with Crippen LogP contribution in [0.3, 0.4) is 0 Å². The van der Waals surface area contributed by atoms with Crippen molar-refractivity contribution in [3.63, 3.8) is 0 Å². The zero-order chi connectivity index (χ0) is 15.9. The van der Waals surface area contributed by atoms with Crippen LogP contribution >= 0.6 is 23.4 Å². The van der Waals surface area contributed by atoms with Crippen molar-refractivity contribution in [2.75, 3.05) is 18.6 Å². The number of thioether (sulfide) groups is 1. The third kappa shape index (κ3) is 4.50. The van der Waals surface area contributed by atoms with Gasteiger partial charge in [-0.2, -0.15) is 16.9 Å². The van der Waals surface area contributed by atoms with Gasteiger partial charge in [0, 0.05) is 29.0 Å². The summed E-state index contributed by atoms with van der Waals surface area (Å²) in [6, 6.07) is 8.90. The van der Waals surface area contributed by atoms with Crippen LogP contribution in [0.25, 0.3) is 11.3 Å². The van der Waals surface area contributed by atoms with Gasteiger partial charge in [0.05, 0.1) is 5.69 Å². The van der Waals surface area contributed by atoms with E-state index in [0.717, 1.165) is 11.3 Å². The fourth-order valence-electron chi connectivity index (χ4n) is 2.02. The van der Waals surface area contributed by atoms with Gasteiger partial charge in [-0.1, -0.05) is 23.7 Å². The summed E-state index contributed by atoms with van der Waals surface area (Å²) in [5.41, 5.74) is 1.97. The lowest BCUT2D eigenvalue weighted by molar-refractivity contribution is 0.0930. The molecule has 118 valence electrons. The summed E-state index contributed by atoms with van der Waals surface area (Å²) in [4.78, 5) is 12.2. The third-order valence-electron chi connectivity index (χ3n) is 3.14. The molecule has 1 unspecified atom stereocenters. The van der Waals surface area contributed by atoms with Gasteiger partial charge in [0.2, 0.25) is 0 Å². The number of aromatic nitrogens is 2. The van der Waals surface area contributed by atoms with E-state index >= 15 is 0 Å². The molecule has 3 N–H and O–H groups in total. The molecule has 5 nitrogen and oxygen atoms in total. The molecule has 1 aromatic heterocycles. The Bertz CT molecular complexity index is 610. The number of amides is 1. The van der Waals surface area contributed by atoms with Crippen molar-refractivity contribution < 1.29 is 9.90 Å². The van der Waals surface area contributed by atoms with Crippen molar-refractivity contribution in [2.24, 2.45) is 0 Å². The highest BCUT2D eigenvalue weighted by Crippen LogP contribution is 2.20. The largest absolute Gasteiger partial charge is 0.396 e. The number of H-pyrrole nitrogens is 1. The normalized spacial score (nSPS) is 12.1. The highest BCUT2D eigenvalue weighted by Gasteiger charge is 2.15. The van der Waals surface area contributed by atoms with Crippen LogP contribution in [0, 0.1) is 0 Å². The van der Waals surface area contributed by atoms with Crippen LogP contribution in [0.4, 0.5) is 0 Å². The molecule has 0 bridgehead atoms. The van der Waals surface area contributed by atoms with Gasteiger partial charge in [-0.05, 0) is 30.9 Å². The average molecular weight is 340 g/mol. The number of aliphatic hydroxyl groups is 1. The van der Waals surface area contributed by atoms with Crippen molar-refractivity contribution >= 4 is 29.3 Å². The minimum absolute atomic E-state index is 0.0461. The summed E-state index contributed by atoms with van der Waals surface area (Å²) < 4.78 is 0. The van der Waals surface area contributed by atoms with Gasteiger partial charge in [-0.3, -0.25) is 9.89 Å². The number of carbonyl (C=O) groups is 1. The molecule has 0 saturated heterocycles. The van der Waals surface area contributed by atoms with Gasteiger partial charge in [0.25, 0.3) is 5.91 Å². The van der Waals surface area contributed by atoms with Crippen molar-refractivity contribution in [1.29, 1.82) is 0 Å². The number of nitrogens with zero attached hydrogens (tertiary/aromatic N) is 1. The highest BCUT2D eigenvalue weighted by molar-refractivity contribution is 7.98. The zero-order valence-corrected chi connectivity index (χ0v) is 13.7. The molecule has 1 atom stereocenters. The van der Waals surface area contributed by atoms with E-state index in [2.05, 4.69) is 15.5 Å². The molecule has 1 heterocycles. The average Bonchev–Trinajstić information content (AvgIpc) is 2.98.